The van der Waals surface area contributed by atoms with Gasteiger partial charge in [-0.3, -0.25) is 0 Å². The summed E-state index contributed by atoms with van der Waals surface area (Å²) in [5, 5.41) is 7.77. The Morgan fingerprint density at radius 1 is 1.19 bits per heavy atom. The van der Waals surface area contributed by atoms with E-state index in [-0.39, 0.29) is 6.04 Å². The average Bonchev–Trinajstić information content (AvgIpc) is 2.44. The summed E-state index contributed by atoms with van der Waals surface area (Å²) in [5.41, 5.74) is 3.08. The summed E-state index contributed by atoms with van der Waals surface area (Å²) in [6.07, 6.45) is 0. The number of thiocarbonyl (C=S) groups is 1. The summed E-state index contributed by atoms with van der Waals surface area (Å²) in [5.74, 6) is 0. The largest absolute Gasteiger partial charge is 0.356 e. The standard InChI is InChI=1S/C16H16BrClN2S/c1-10-14(18)4-3-5-15(10)20-16(21)19-11(2)12-6-8-13(17)9-7-12/h3-9,11H,1-2H3,(H2,19,20,21)/t11-/m1/s1. The first-order chi connectivity index (χ1) is 9.97. The first-order valence-electron chi connectivity index (χ1n) is 6.55. The maximum atomic E-state index is 6.11. The number of hydrogen-bond acceptors (Lipinski definition) is 1. The molecule has 0 amide bonds. The van der Waals surface area contributed by atoms with E-state index < -0.39 is 0 Å². The summed E-state index contributed by atoms with van der Waals surface area (Å²) in [7, 11) is 0. The maximum absolute atomic E-state index is 6.11. The van der Waals surface area contributed by atoms with Crippen LogP contribution in [-0.4, -0.2) is 5.11 Å². The second-order valence-electron chi connectivity index (χ2n) is 4.78. The molecule has 2 N–H and O–H groups in total. The second-order valence-corrected chi connectivity index (χ2v) is 6.52. The van der Waals surface area contributed by atoms with Gasteiger partial charge in [0.05, 0.1) is 6.04 Å². The Hall–Kier alpha value is -1.10. The van der Waals surface area contributed by atoms with Gasteiger partial charge in [-0.15, -0.1) is 0 Å². The smallest absolute Gasteiger partial charge is 0.171 e. The summed E-state index contributed by atoms with van der Waals surface area (Å²) in [6.45, 7) is 4.04. The fourth-order valence-corrected chi connectivity index (χ4v) is 2.66. The van der Waals surface area contributed by atoms with E-state index in [9.17, 15) is 0 Å². The molecule has 21 heavy (non-hydrogen) atoms. The van der Waals surface area contributed by atoms with Crippen LogP contribution in [0.25, 0.3) is 0 Å². The van der Waals surface area contributed by atoms with Crippen LogP contribution in [0.3, 0.4) is 0 Å². The number of nitrogens with one attached hydrogen (secondary N) is 2. The Morgan fingerprint density at radius 2 is 1.86 bits per heavy atom. The van der Waals surface area contributed by atoms with Crippen molar-refractivity contribution < 1.29 is 0 Å². The first kappa shape index (κ1) is 16.3. The molecule has 0 radical (unpaired) electrons. The van der Waals surface area contributed by atoms with E-state index in [2.05, 4.69) is 45.6 Å². The molecule has 0 bridgehead atoms. The minimum Gasteiger partial charge on any atom is -0.356 e. The molecule has 2 rings (SSSR count). The Kier molecular flexibility index (Phi) is 5.62. The Bertz CT molecular complexity index is 643. The molecule has 110 valence electrons. The molecule has 0 fully saturated rings. The topological polar surface area (TPSA) is 24.1 Å². The highest BCUT2D eigenvalue weighted by atomic mass is 79.9. The molecule has 2 aromatic carbocycles. The van der Waals surface area contributed by atoms with E-state index in [1.807, 2.05) is 37.3 Å². The van der Waals surface area contributed by atoms with Crippen molar-refractivity contribution >= 4 is 50.5 Å². The van der Waals surface area contributed by atoms with Crippen molar-refractivity contribution in [1.29, 1.82) is 0 Å². The maximum Gasteiger partial charge on any atom is 0.171 e. The molecule has 2 nitrogen and oxygen atoms in total. The molecule has 0 aromatic heterocycles. The zero-order chi connectivity index (χ0) is 15.4. The fraction of sp³-hybridized carbons (Fsp3) is 0.188. The molecule has 0 aliphatic heterocycles. The van der Waals surface area contributed by atoms with Crippen LogP contribution in [0.15, 0.2) is 46.9 Å². The minimum absolute atomic E-state index is 0.123. The first-order valence-corrected chi connectivity index (χ1v) is 8.13. The van der Waals surface area contributed by atoms with E-state index in [0.717, 1.165) is 20.7 Å². The van der Waals surface area contributed by atoms with Crippen LogP contribution >= 0.6 is 39.7 Å². The SMILES string of the molecule is Cc1c(Cl)cccc1NC(=S)N[C@H](C)c1ccc(Br)cc1. The molecule has 0 saturated carbocycles. The van der Waals surface area contributed by atoms with E-state index in [1.54, 1.807) is 0 Å². The van der Waals surface area contributed by atoms with Crippen molar-refractivity contribution in [3.05, 3.63) is 63.1 Å². The molecular weight excluding hydrogens is 368 g/mol. The van der Waals surface area contributed by atoms with Crippen LogP contribution in [0.5, 0.6) is 0 Å². The highest BCUT2D eigenvalue weighted by molar-refractivity contribution is 9.10. The number of benzene rings is 2. The number of rotatable bonds is 3. The highest BCUT2D eigenvalue weighted by Gasteiger charge is 2.08. The molecule has 2 aromatic rings. The molecule has 0 unspecified atom stereocenters. The summed E-state index contributed by atoms with van der Waals surface area (Å²) in [6, 6.07) is 14.0. The Morgan fingerprint density at radius 3 is 2.52 bits per heavy atom. The summed E-state index contributed by atoms with van der Waals surface area (Å²) >= 11 is 14.9. The van der Waals surface area contributed by atoms with Gasteiger partial charge in [-0.05, 0) is 61.5 Å². The van der Waals surface area contributed by atoms with Crippen LogP contribution in [-0.2, 0) is 0 Å². The highest BCUT2D eigenvalue weighted by Crippen LogP contribution is 2.23. The lowest BCUT2D eigenvalue weighted by Gasteiger charge is -2.18. The molecule has 0 aliphatic carbocycles. The van der Waals surface area contributed by atoms with Gasteiger partial charge in [-0.25, -0.2) is 0 Å². The average molecular weight is 384 g/mol. The molecule has 0 saturated heterocycles. The molecule has 5 heteroatoms. The molecule has 0 heterocycles. The third kappa shape index (κ3) is 4.43. The molecule has 1 atom stereocenters. The van der Waals surface area contributed by atoms with E-state index in [4.69, 9.17) is 23.8 Å². The van der Waals surface area contributed by atoms with E-state index in [1.165, 1.54) is 5.56 Å². The van der Waals surface area contributed by atoms with Crippen LogP contribution < -0.4 is 10.6 Å². The van der Waals surface area contributed by atoms with Crippen molar-refractivity contribution in [2.45, 2.75) is 19.9 Å². The van der Waals surface area contributed by atoms with Crippen molar-refractivity contribution in [3.63, 3.8) is 0 Å². The number of halogens is 2. The predicted molar refractivity (Wildman–Crippen MR) is 98.1 cm³/mol. The lowest BCUT2D eigenvalue weighted by atomic mass is 10.1. The van der Waals surface area contributed by atoms with Gasteiger partial charge in [-0.2, -0.15) is 0 Å². The molecule has 0 aliphatic rings. The second kappa shape index (κ2) is 7.25. The van der Waals surface area contributed by atoms with Gasteiger partial charge < -0.3 is 10.6 Å². The van der Waals surface area contributed by atoms with Gasteiger partial charge in [0.1, 0.15) is 0 Å². The van der Waals surface area contributed by atoms with Gasteiger partial charge in [0, 0.05) is 15.2 Å². The van der Waals surface area contributed by atoms with Gasteiger partial charge >= 0.3 is 0 Å². The molecular formula is C16H16BrClN2S. The Balaban J connectivity index is 2.01. The van der Waals surface area contributed by atoms with E-state index >= 15 is 0 Å². The zero-order valence-corrected chi connectivity index (χ0v) is 14.9. The minimum atomic E-state index is 0.123. The van der Waals surface area contributed by atoms with Gasteiger partial charge in [0.15, 0.2) is 5.11 Å². The third-order valence-corrected chi connectivity index (χ3v) is 4.39. The normalized spacial score (nSPS) is 11.8. The van der Waals surface area contributed by atoms with Crippen LogP contribution in [0.4, 0.5) is 5.69 Å². The van der Waals surface area contributed by atoms with Crippen molar-refractivity contribution in [2.24, 2.45) is 0 Å². The summed E-state index contributed by atoms with van der Waals surface area (Å²) in [4.78, 5) is 0. The van der Waals surface area contributed by atoms with Crippen LogP contribution in [0.1, 0.15) is 24.1 Å². The van der Waals surface area contributed by atoms with Crippen LogP contribution in [0.2, 0.25) is 5.02 Å². The van der Waals surface area contributed by atoms with Gasteiger partial charge in [-0.1, -0.05) is 45.7 Å². The number of anilines is 1. The van der Waals surface area contributed by atoms with Gasteiger partial charge in [0.2, 0.25) is 0 Å². The van der Waals surface area contributed by atoms with Gasteiger partial charge in [0.25, 0.3) is 0 Å². The predicted octanol–water partition coefficient (Wildman–Crippen LogP) is 5.46. The fourth-order valence-electron chi connectivity index (χ4n) is 1.93. The molecule has 0 spiro atoms. The van der Waals surface area contributed by atoms with Crippen molar-refractivity contribution in [2.75, 3.05) is 5.32 Å². The lowest BCUT2D eigenvalue weighted by Crippen LogP contribution is -2.31. The quantitative estimate of drug-likeness (QED) is 0.688. The summed E-state index contributed by atoms with van der Waals surface area (Å²) < 4.78 is 1.06. The Labute approximate surface area is 144 Å². The monoisotopic (exact) mass is 382 g/mol. The zero-order valence-electron chi connectivity index (χ0n) is 11.8. The van der Waals surface area contributed by atoms with E-state index in [0.29, 0.717) is 5.11 Å². The third-order valence-electron chi connectivity index (χ3n) is 3.23. The van der Waals surface area contributed by atoms with Crippen LogP contribution in [0, 0.1) is 6.92 Å². The lowest BCUT2D eigenvalue weighted by molar-refractivity contribution is 0.722. The van der Waals surface area contributed by atoms with Crippen molar-refractivity contribution in [1.82, 2.24) is 5.32 Å². The number of hydrogen-bond donors (Lipinski definition) is 2. The van der Waals surface area contributed by atoms with Crippen molar-refractivity contribution in [3.8, 4) is 0 Å².